The lowest BCUT2D eigenvalue weighted by atomic mass is 10.1. The van der Waals surface area contributed by atoms with Crippen LogP contribution in [-0.2, 0) is 9.53 Å². The number of rotatable bonds is 5. The molecule has 5 heteroatoms. The molecule has 112 valence electrons. The highest BCUT2D eigenvalue weighted by molar-refractivity contribution is 5.95. The van der Waals surface area contributed by atoms with Crippen LogP contribution < -0.4 is 5.32 Å². The lowest BCUT2D eigenvalue weighted by Gasteiger charge is -2.19. The van der Waals surface area contributed by atoms with Crippen molar-refractivity contribution < 1.29 is 14.3 Å². The molecule has 0 aliphatic carbocycles. The summed E-state index contributed by atoms with van der Waals surface area (Å²) >= 11 is 0. The minimum Gasteiger partial charge on any atom is -0.460 e. The molecule has 0 aliphatic heterocycles. The minimum atomic E-state index is -0.510. The summed E-state index contributed by atoms with van der Waals surface area (Å²) in [6.45, 7) is 7.23. The number of ketones is 1. The third-order valence-corrected chi connectivity index (χ3v) is 2.61. The molecule has 0 aliphatic rings. The van der Waals surface area contributed by atoms with E-state index in [1.807, 2.05) is 26.8 Å². The summed E-state index contributed by atoms with van der Waals surface area (Å²) in [7, 11) is 0. The fourth-order valence-electron chi connectivity index (χ4n) is 1.70. The van der Waals surface area contributed by atoms with E-state index < -0.39 is 5.60 Å². The number of hydrogen-bond donors (Lipinski definition) is 1. The first-order chi connectivity index (χ1) is 9.73. The Kier molecular flexibility index (Phi) is 5.48. The van der Waals surface area contributed by atoms with Crippen LogP contribution in [0.2, 0.25) is 0 Å². The standard InChI is InChI=1S/C16H20N2O3/c1-11(19)12-5-6-13(10-17)14(9-12)18-8-7-15(20)21-16(2,3)4/h5-6,9,18H,7-8H2,1-4H3. The largest absolute Gasteiger partial charge is 0.460 e. The van der Waals surface area contributed by atoms with Gasteiger partial charge in [0.2, 0.25) is 0 Å². The minimum absolute atomic E-state index is 0.0744. The van der Waals surface area contributed by atoms with Crippen LogP contribution in [0, 0.1) is 11.3 Å². The summed E-state index contributed by atoms with van der Waals surface area (Å²) in [6.07, 6.45) is 0.187. The van der Waals surface area contributed by atoms with Crippen molar-refractivity contribution in [2.24, 2.45) is 0 Å². The SMILES string of the molecule is CC(=O)c1ccc(C#N)c(NCCC(=O)OC(C)(C)C)c1. The zero-order chi connectivity index (χ0) is 16.0. The molecule has 0 saturated heterocycles. The van der Waals surface area contributed by atoms with Crippen molar-refractivity contribution in [3.8, 4) is 6.07 Å². The highest BCUT2D eigenvalue weighted by Crippen LogP contribution is 2.18. The number of esters is 1. The van der Waals surface area contributed by atoms with E-state index in [1.54, 1.807) is 18.2 Å². The molecule has 0 spiro atoms. The molecular weight excluding hydrogens is 268 g/mol. The molecule has 21 heavy (non-hydrogen) atoms. The number of carbonyl (C=O) groups excluding carboxylic acids is 2. The number of anilines is 1. The van der Waals surface area contributed by atoms with E-state index in [0.29, 0.717) is 23.4 Å². The zero-order valence-electron chi connectivity index (χ0n) is 12.8. The number of nitrogens with one attached hydrogen (secondary N) is 1. The highest BCUT2D eigenvalue weighted by Gasteiger charge is 2.16. The predicted molar refractivity (Wildman–Crippen MR) is 80.1 cm³/mol. The summed E-state index contributed by atoms with van der Waals surface area (Å²) in [6, 6.07) is 6.87. The first-order valence-corrected chi connectivity index (χ1v) is 6.74. The second-order valence-electron chi connectivity index (χ2n) is 5.69. The number of ether oxygens (including phenoxy) is 1. The topological polar surface area (TPSA) is 79.2 Å². The van der Waals surface area contributed by atoms with Crippen LogP contribution in [0.3, 0.4) is 0 Å². The number of nitrogens with zero attached hydrogens (tertiary/aromatic N) is 1. The molecule has 1 rings (SSSR count). The average Bonchev–Trinajstić information content (AvgIpc) is 2.36. The lowest BCUT2D eigenvalue weighted by molar-refractivity contribution is -0.154. The number of hydrogen-bond acceptors (Lipinski definition) is 5. The Bertz CT molecular complexity index is 580. The number of benzene rings is 1. The van der Waals surface area contributed by atoms with Gasteiger partial charge in [0, 0.05) is 12.1 Å². The molecule has 0 radical (unpaired) electrons. The van der Waals surface area contributed by atoms with Gasteiger partial charge in [0.25, 0.3) is 0 Å². The molecule has 1 N–H and O–H groups in total. The Hall–Kier alpha value is -2.35. The second-order valence-corrected chi connectivity index (χ2v) is 5.69. The molecule has 0 aromatic heterocycles. The van der Waals surface area contributed by atoms with E-state index in [-0.39, 0.29) is 18.2 Å². The van der Waals surface area contributed by atoms with E-state index in [0.717, 1.165) is 0 Å². The van der Waals surface area contributed by atoms with E-state index in [2.05, 4.69) is 5.32 Å². The third kappa shape index (κ3) is 5.65. The van der Waals surface area contributed by atoms with Crippen molar-refractivity contribution in [2.45, 2.75) is 39.7 Å². The Labute approximate surface area is 124 Å². The van der Waals surface area contributed by atoms with Crippen molar-refractivity contribution in [3.05, 3.63) is 29.3 Å². The monoisotopic (exact) mass is 288 g/mol. The van der Waals surface area contributed by atoms with Crippen molar-refractivity contribution in [3.63, 3.8) is 0 Å². The van der Waals surface area contributed by atoms with Crippen molar-refractivity contribution in [1.82, 2.24) is 0 Å². The third-order valence-electron chi connectivity index (χ3n) is 2.61. The normalized spacial score (nSPS) is 10.6. The van der Waals surface area contributed by atoms with Gasteiger partial charge >= 0.3 is 5.97 Å². The van der Waals surface area contributed by atoms with Crippen LogP contribution in [0.4, 0.5) is 5.69 Å². The van der Waals surface area contributed by atoms with Crippen molar-refractivity contribution >= 4 is 17.4 Å². The molecule has 0 heterocycles. The Morgan fingerprint density at radius 3 is 2.52 bits per heavy atom. The smallest absolute Gasteiger partial charge is 0.308 e. The Morgan fingerprint density at radius 1 is 1.33 bits per heavy atom. The zero-order valence-corrected chi connectivity index (χ0v) is 12.8. The predicted octanol–water partition coefficient (Wildman–Crippen LogP) is 2.90. The van der Waals surface area contributed by atoms with Gasteiger partial charge in [0.1, 0.15) is 11.7 Å². The summed E-state index contributed by atoms with van der Waals surface area (Å²) in [5.41, 5.74) is 0.996. The lowest BCUT2D eigenvalue weighted by Crippen LogP contribution is -2.25. The van der Waals surface area contributed by atoms with Gasteiger partial charge in [-0.25, -0.2) is 0 Å². The maximum atomic E-state index is 11.6. The molecule has 1 aromatic rings. The maximum absolute atomic E-state index is 11.6. The van der Waals surface area contributed by atoms with Crippen LogP contribution in [0.1, 0.15) is 50.0 Å². The molecule has 0 unspecified atom stereocenters. The molecule has 5 nitrogen and oxygen atoms in total. The van der Waals surface area contributed by atoms with E-state index >= 15 is 0 Å². The van der Waals surface area contributed by atoms with Gasteiger partial charge < -0.3 is 10.1 Å². The van der Waals surface area contributed by atoms with Crippen LogP contribution in [0.5, 0.6) is 0 Å². The fraction of sp³-hybridized carbons (Fsp3) is 0.438. The maximum Gasteiger partial charge on any atom is 0.308 e. The van der Waals surface area contributed by atoms with Crippen LogP contribution >= 0.6 is 0 Å². The first-order valence-electron chi connectivity index (χ1n) is 6.74. The average molecular weight is 288 g/mol. The Balaban J connectivity index is 2.67. The van der Waals surface area contributed by atoms with Gasteiger partial charge in [-0.15, -0.1) is 0 Å². The van der Waals surface area contributed by atoms with Gasteiger partial charge in [-0.1, -0.05) is 0 Å². The summed E-state index contributed by atoms with van der Waals surface area (Å²) in [4.78, 5) is 22.9. The molecular formula is C16H20N2O3. The molecule has 0 fully saturated rings. The van der Waals surface area contributed by atoms with E-state index in [4.69, 9.17) is 10.00 Å². The van der Waals surface area contributed by atoms with Gasteiger partial charge in [0.15, 0.2) is 5.78 Å². The molecule has 1 aromatic carbocycles. The van der Waals surface area contributed by atoms with E-state index in [1.165, 1.54) is 6.92 Å². The molecule has 0 bridgehead atoms. The van der Waals surface area contributed by atoms with E-state index in [9.17, 15) is 9.59 Å². The van der Waals surface area contributed by atoms with Gasteiger partial charge in [-0.3, -0.25) is 9.59 Å². The fourth-order valence-corrected chi connectivity index (χ4v) is 1.70. The van der Waals surface area contributed by atoms with Crippen LogP contribution in [0.15, 0.2) is 18.2 Å². The number of nitriles is 1. The van der Waals surface area contributed by atoms with Crippen LogP contribution in [0.25, 0.3) is 0 Å². The van der Waals surface area contributed by atoms with Crippen molar-refractivity contribution in [2.75, 3.05) is 11.9 Å². The summed E-state index contributed by atoms with van der Waals surface area (Å²) < 4.78 is 5.20. The Morgan fingerprint density at radius 2 is 2.00 bits per heavy atom. The van der Waals surface area contributed by atoms with Gasteiger partial charge in [-0.2, -0.15) is 5.26 Å². The first kappa shape index (κ1) is 16.7. The quantitative estimate of drug-likeness (QED) is 0.665. The van der Waals surface area contributed by atoms with Gasteiger partial charge in [-0.05, 0) is 45.9 Å². The molecule has 0 amide bonds. The second kappa shape index (κ2) is 6.89. The van der Waals surface area contributed by atoms with Gasteiger partial charge in [0.05, 0.1) is 17.7 Å². The summed E-state index contributed by atoms with van der Waals surface area (Å²) in [5.74, 6) is -0.383. The molecule has 0 atom stereocenters. The van der Waals surface area contributed by atoms with Crippen molar-refractivity contribution in [1.29, 1.82) is 5.26 Å². The van der Waals surface area contributed by atoms with Crippen LogP contribution in [-0.4, -0.2) is 23.9 Å². The summed E-state index contributed by atoms with van der Waals surface area (Å²) in [5, 5.41) is 12.0. The molecule has 0 saturated carbocycles. The number of Topliss-reactive ketones (excluding diaryl/α,β-unsaturated/α-hetero) is 1. The highest BCUT2D eigenvalue weighted by atomic mass is 16.6. The number of carbonyl (C=O) groups is 2.